The van der Waals surface area contributed by atoms with Crippen LogP contribution in [0, 0.1) is 22.7 Å². The lowest BCUT2D eigenvalue weighted by Crippen LogP contribution is -2.53. The molecule has 0 saturated heterocycles. The third kappa shape index (κ3) is 12.9. The number of aldehydes is 1. The molecule has 1 aromatic rings. The van der Waals surface area contributed by atoms with Crippen LogP contribution >= 0.6 is 0 Å². The number of amides is 3. The fraction of sp³-hybridized carbons (Fsp3) is 0.655. The number of ether oxygens (including phenoxy) is 1. The third-order valence-corrected chi connectivity index (χ3v) is 6.33. The molecule has 39 heavy (non-hydrogen) atoms. The maximum atomic E-state index is 13.3. The van der Waals surface area contributed by atoms with E-state index in [0.717, 1.165) is 11.8 Å². The van der Waals surface area contributed by atoms with E-state index in [0.29, 0.717) is 19.3 Å². The largest absolute Gasteiger partial charge is 0.445 e. The predicted molar refractivity (Wildman–Crippen MR) is 151 cm³/mol. The highest BCUT2D eigenvalue weighted by atomic mass is 16.5. The summed E-state index contributed by atoms with van der Waals surface area (Å²) in [5, 5.41) is 8.69. The molecule has 1 aromatic carbocycles. The van der Waals surface area contributed by atoms with E-state index in [4.69, 9.17) is 4.74 Å². The van der Waals surface area contributed by atoms with E-state index < -0.39 is 42.1 Å². The lowest BCUT2D eigenvalue weighted by Gasteiger charge is -2.30. The van der Waals surface area contributed by atoms with Gasteiger partial charge in [-0.05, 0) is 42.6 Å². The van der Waals surface area contributed by atoms with Crippen LogP contribution in [0.15, 0.2) is 35.5 Å². The number of carbonyl (C=O) groups is 4. The van der Waals surface area contributed by atoms with Crippen molar-refractivity contribution in [3.8, 4) is 0 Å². The molecule has 10 heteroatoms. The van der Waals surface area contributed by atoms with Gasteiger partial charge in [-0.2, -0.15) is 4.91 Å². The first-order valence-corrected chi connectivity index (χ1v) is 13.7. The minimum atomic E-state index is -1.04. The number of hydrogen-bond donors (Lipinski definition) is 2. The van der Waals surface area contributed by atoms with E-state index in [9.17, 15) is 24.1 Å². The Bertz CT molecular complexity index is 922. The minimum absolute atomic E-state index is 0.0595. The van der Waals surface area contributed by atoms with Gasteiger partial charge in [-0.25, -0.2) is 4.79 Å². The molecule has 218 valence electrons. The van der Waals surface area contributed by atoms with Gasteiger partial charge in [-0.3, -0.25) is 9.59 Å². The molecular weight excluding hydrogens is 500 g/mol. The summed E-state index contributed by atoms with van der Waals surface area (Å²) in [6.45, 7) is 11.7. The first kappa shape index (κ1) is 33.7. The Labute approximate surface area is 232 Å². The van der Waals surface area contributed by atoms with E-state index in [-0.39, 0.29) is 30.8 Å². The molecular formula is C29H46N4O6. The average molecular weight is 547 g/mol. The highest BCUT2D eigenvalue weighted by molar-refractivity contribution is 5.86. The normalized spacial score (nSPS) is 14.3. The Balaban J connectivity index is 2.97. The van der Waals surface area contributed by atoms with Crippen molar-refractivity contribution in [1.82, 2.24) is 15.5 Å². The fourth-order valence-corrected chi connectivity index (χ4v) is 4.26. The van der Waals surface area contributed by atoms with Crippen molar-refractivity contribution in [2.45, 2.75) is 98.0 Å². The standard InChI is InChI=1S/C29H46N4O6/c1-19(2)13-23(17-34)33(7)27(35)16-25(32-38)24(14-20(3)4)30-28(36)26(15-21(5)6)31-29(37)39-18-22-11-9-8-10-12-22/h8-12,17,19-21,23-26H,13-16,18H2,1-7H3,(H,30,36)(H,31,37)/t23-,24-,25?,26-/m0/s1. The van der Waals surface area contributed by atoms with E-state index >= 15 is 0 Å². The van der Waals surface area contributed by atoms with Crippen molar-refractivity contribution in [2.75, 3.05) is 7.05 Å². The van der Waals surface area contributed by atoms with Gasteiger partial charge in [0.05, 0.1) is 18.5 Å². The molecule has 4 atom stereocenters. The Morgan fingerprint density at radius 2 is 1.51 bits per heavy atom. The van der Waals surface area contributed by atoms with Crippen molar-refractivity contribution in [3.05, 3.63) is 40.8 Å². The highest BCUT2D eigenvalue weighted by Gasteiger charge is 2.33. The Kier molecular flexibility index (Phi) is 15.0. The van der Waals surface area contributed by atoms with Crippen LogP contribution in [-0.2, 0) is 25.7 Å². The number of rotatable bonds is 17. The minimum Gasteiger partial charge on any atom is -0.445 e. The van der Waals surface area contributed by atoms with Crippen LogP contribution < -0.4 is 10.6 Å². The van der Waals surface area contributed by atoms with Crippen LogP contribution in [0.4, 0.5) is 4.79 Å². The second-order valence-electron chi connectivity index (χ2n) is 11.3. The maximum Gasteiger partial charge on any atom is 0.408 e. The van der Waals surface area contributed by atoms with Gasteiger partial charge in [0.2, 0.25) is 11.8 Å². The van der Waals surface area contributed by atoms with Crippen LogP contribution in [0.25, 0.3) is 0 Å². The lowest BCUT2D eigenvalue weighted by atomic mass is 9.94. The van der Waals surface area contributed by atoms with Gasteiger partial charge in [0.1, 0.15) is 25.0 Å². The zero-order valence-corrected chi connectivity index (χ0v) is 24.4. The quantitative estimate of drug-likeness (QED) is 0.219. The SMILES string of the molecule is CC(C)C[C@H](NC(=O)OCc1ccccc1)C(=O)N[C@@H](CC(C)C)C(CC(=O)N(C)[C@H](C=O)CC(C)C)N=O. The van der Waals surface area contributed by atoms with Crippen molar-refractivity contribution < 1.29 is 23.9 Å². The number of likely N-dealkylation sites (N-methyl/N-ethyl adjacent to an activating group) is 1. The molecule has 0 aliphatic heterocycles. The summed E-state index contributed by atoms with van der Waals surface area (Å²) in [5.74, 6) is -0.514. The first-order valence-electron chi connectivity index (χ1n) is 13.7. The van der Waals surface area contributed by atoms with E-state index in [2.05, 4.69) is 15.8 Å². The maximum absolute atomic E-state index is 13.3. The second kappa shape index (κ2) is 17.3. The number of benzene rings is 1. The molecule has 0 aliphatic carbocycles. The van der Waals surface area contributed by atoms with Crippen LogP contribution in [0.2, 0.25) is 0 Å². The number of alkyl carbamates (subject to hydrolysis) is 1. The van der Waals surface area contributed by atoms with Gasteiger partial charge in [0.15, 0.2) is 0 Å². The summed E-state index contributed by atoms with van der Waals surface area (Å²) < 4.78 is 5.29. The molecule has 10 nitrogen and oxygen atoms in total. The first-order chi connectivity index (χ1) is 18.4. The van der Waals surface area contributed by atoms with E-state index in [1.165, 1.54) is 11.9 Å². The third-order valence-electron chi connectivity index (χ3n) is 6.33. The van der Waals surface area contributed by atoms with E-state index in [1.807, 2.05) is 71.9 Å². The summed E-state index contributed by atoms with van der Waals surface area (Å²) in [5.41, 5.74) is 0.814. The Morgan fingerprint density at radius 3 is 2.03 bits per heavy atom. The summed E-state index contributed by atoms with van der Waals surface area (Å²) in [6.07, 6.45) is 0.995. The number of hydrogen-bond acceptors (Lipinski definition) is 7. The molecule has 0 heterocycles. The van der Waals surface area contributed by atoms with Crippen LogP contribution in [0.1, 0.15) is 72.8 Å². The smallest absolute Gasteiger partial charge is 0.408 e. The molecule has 0 fully saturated rings. The van der Waals surface area contributed by atoms with Gasteiger partial charge in [-0.1, -0.05) is 77.1 Å². The van der Waals surface area contributed by atoms with Gasteiger partial charge in [0.25, 0.3) is 0 Å². The van der Waals surface area contributed by atoms with Gasteiger partial charge >= 0.3 is 6.09 Å². The molecule has 3 amide bonds. The molecule has 0 aromatic heterocycles. The fourth-order valence-electron chi connectivity index (χ4n) is 4.26. The average Bonchev–Trinajstić information content (AvgIpc) is 2.87. The van der Waals surface area contributed by atoms with Crippen LogP contribution in [-0.4, -0.2) is 60.3 Å². The lowest BCUT2D eigenvalue weighted by molar-refractivity contribution is -0.135. The Hall–Kier alpha value is -3.30. The van der Waals surface area contributed by atoms with Crippen molar-refractivity contribution in [3.63, 3.8) is 0 Å². The van der Waals surface area contributed by atoms with Gasteiger partial charge in [0, 0.05) is 7.05 Å². The summed E-state index contributed by atoms with van der Waals surface area (Å²) >= 11 is 0. The molecule has 0 radical (unpaired) electrons. The van der Waals surface area contributed by atoms with Crippen molar-refractivity contribution in [1.29, 1.82) is 0 Å². The topological polar surface area (TPSA) is 134 Å². The molecule has 0 saturated carbocycles. The van der Waals surface area contributed by atoms with Crippen LogP contribution in [0.5, 0.6) is 0 Å². The van der Waals surface area contributed by atoms with Crippen molar-refractivity contribution >= 4 is 24.2 Å². The molecule has 1 unspecified atom stereocenters. The predicted octanol–water partition coefficient (Wildman–Crippen LogP) is 4.46. The van der Waals surface area contributed by atoms with Crippen molar-refractivity contribution in [2.24, 2.45) is 22.9 Å². The number of carbonyl (C=O) groups excluding carboxylic acids is 4. The zero-order valence-electron chi connectivity index (χ0n) is 24.4. The van der Waals surface area contributed by atoms with E-state index in [1.54, 1.807) is 0 Å². The van der Waals surface area contributed by atoms with Gasteiger partial charge < -0.3 is 25.1 Å². The van der Waals surface area contributed by atoms with Gasteiger partial charge in [-0.15, -0.1) is 0 Å². The molecule has 0 spiro atoms. The summed E-state index contributed by atoms with van der Waals surface area (Å²) in [7, 11) is 1.53. The number of nitroso groups, excluding NO2 is 1. The molecule has 0 aliphatic rings. The number of nitrogens with one attached hydrogen (secondary N) is 2. The monoisotopic (exact) mass is 546 g/mol. The Morgan fingerprint density at radius 1 is 0.923 bits per heavy atom. The molecule has 1 rings (SSSR count). The zero-order chi connectivity index (χ0) is 29.5. The molecule has 2 N–H and O–H groups in total. The van der Waals surface area contributed by atoms with Crippen LogP contribution in [0.3, 0.4) is 0 Å². The second-order valence-corrected chi connectivity index (χ2v) is 11.3. The number of nitrogens with zero attached hydrogens (tertiary/aromatic N) is 2. The summed E-state index contributed by atoms with van der Waals surface area (Å²) in [6, 6.07) is 5.91. The summed E-state index contributed by atoms with van der Waals surface area (Å²) in [4.78, 5) is 63.6. The highest BCUT2D eigenvalue weighted by Crippen LogP contribution is 2.18. The molecule has 0 bridgehead atoms.